The molecule has 29 heavy (non-hydrogen) atoms. The number of fused-ring (bicyclic) bond motifs is 1. The van der Waals surface area contributed by atoms with Crippen molar-refractivity contribution < 1.29 is 9.84 Å². The van der Waals surface area contributed by atoms with Gasteiger partial charge in [0.1, 0.15) is 11.5 Å². The molecule has 0 unspecified atom stereocenters. The number of phenolic OH excluding ortho intramolecular Hbond substituents is 1. The van der Waals surface area contributed by atoms with Crippen LogP contribution in [0.25, 0.3) is 10.9 Å². The molecule has 0 aliphatic heterocycles. The fourth-order valence-corrected chi connectivity index (χ4v) is 3.21. The van der Waals surface area contributed by atoms with Gasteiger partial charge in [0.25, 0.3) is 0 Å². The number of aromatic hydroxyl groups is 1. The normalized spacial score (nSPS) is 11.2. The molecular weight excluding hydrogens is 479 g/mol. The molecular formula is C22H29IN4O2. The van der Waals surface area contributed by atoms with Gasteiger partial charge in [-0.2, -0.15) is 0 Å². The number of hydrogen-bond acceptors (Lipinski definition) is 3. The molecule has 0 spiro atoms. The molecule has 0 fully saturated rings. The third-order valence-electron chi connectivity index (χ3n) is 4.73. The molecule has 2 aromatic carbocycles. The van der Waals surface area contributed by atoms with Crippen molar-refractivity contribution in [1.29, 1.82) is 0 Å². The van der Waals surface area contributed by atoms with Crippen molar-refractivity contribution >= 4 is 40.8 Å². The summed E-state index contributed by atoms with van der Waals surface area (Å²) in [5, 5.41) is 17.9. The predicted octanol–water partition coefficient (Wildman–Crippen LogP) is 4.11. The minimum atomic E-state index is 0. The lowest BCUT2D eigenvalue weighted by molar-refractivity contribution is 0.411. The van der Waals surface area contributed by atoms with Crippen LogP contribution in [0.15, 0.2) is 47.6 Å². The van der Waals surface area contributed by atoms with Gasteiger partial charge in [-0.1, -0.05) is 18.2 Å². The number of methoxy groups -OCH3 is 1. The van der Waals surface area contributed by atoms with Gasteiger partial charge < -0.3 is 25.5 Å². The van der Waals surface area contributed by atoms with Crippen molar-refractivity contribution in [3.05, 3.63) is 59.3 Å². The van der Waals surface area contributed by atoms with Gasteiger partial charge in [-0.25, -0.2) is 4.99 Å². The van der Waals surface area contributed by atoms with Gasteiger partial charge in [-0.3, -0.25) is 0 Å². The number of H-pyrrole nitrogens is 1. The van der Waals surface area contributed by atoms with Crippen molar-refractivity contribution in [1.82, 2.24) is 15.6 Å². The van der Waals surface area contributed by atoms with Crippen LogP contribution >= 0.6 is 24.0 Å². The molecule has 0 aliphatic rings. The van der Waals surface area contributed by atoms with Crippen LogP contribution in [0.1, 0.15) is 23.6 Å². The molecule has 4 N–H and O–H groups in total. The van der Waals surface area contributed by atoms with Crippen molar-refractivity contribution in [2.24, 2.45) is 4.99 Å². The van der Waals surface area contributed by atoms with Crippen LogP contribution in [0.3, 0.4) is 0 Å². The van der Waals surface area contributed by atoms with Crippen LogP contribution in [0, 0.1) is 6.92 Å². The van der Waals surface area contributed by atoms with Crippen LogP contribution in [0.5, 0.6) is 11.5 Å². The zero-order valence-electron chi connectivity index (χ0n) is 17.1. The summed E-state index contributed by atoms with van der Waals surface area (Å²) in [5.74, 6) is 1.64. The summed E-state index contributed by atoms with van der Waals surface area (Å²) in [6.07, 6.45) is 2.97. The Morgan fingerprint density at radius 3 is 2.76 bits per heavy atom. The number of aromatic amines is 1. The maximum absolute atomic E-state index is 10.0. The zero-order valence-corrected chi connectivity index (χ0v) is 19.4. The van der Waals surface area contributed by atoms with Gasteiger partial charge in [-0.05, 0) is 49.6 Å². The van der Waals surface area contributed by atoms with Crippen LogP contribution in [-0.4, -0.2) is 36.2 Å². The molecule has 0 amide bonds. The Kier molecular flexibility index (Phi) is 8.63. The number of aromatic nitrogens is 1. The van der Waals surface area contributed by atoms with Crippen LogP contribution in [0.2, 0.25) is 0 Å². The minimum absolute atomic E-state index is 0. The Labute approximate surface area is 188 Å². The first kappa shape index (κ1) is 22.9. The van der Waals surface area contributed by atoms with Crippen molar-refractivity contribution in [2.45, 2.75) is 26.8 Å². The lowest BCUT2D eigenvalue weighted by Gasteiger charge is -2.12. The highest BCUT2D eigenvalue weighted by Crippen LogP contribution is 2.23. The summed E-state index contributed by atoms with van der Waals surface area (Å²) >= 11 is 0. The minimum Gasteiger partial charge on any atom is -0.508 e. The highest BCUT2D eigenvalue weighted by Gasteiger charge is 2.07. The van der Waals surface area contributed by atoms with E-state index in [1.54, 1.807) is 25.3 Å². The average Bonchev–Trinajstić information content (AvgIpc) is 3.11. The molecule has 156 valence electrons. The fourth-order valence-electron chi connectivity index (χ4n) is 3.21. The molecule has 3 rings (SSSR count). The summed E-state index contributed by atoms with van der Waals surface area (Å²) in [7, 11) is 1.61. The zero-order chi connectivity index (χ0) is 19.9. The number of halogens is 1. The van der Waals surface area contributed by atoms with E-state index >= 15 is 0 Å². The number of nitrogens with one attached hydrogen (secondary N) is 3. The Hall–Kier alpha value is -2.42. The standard InChI is InChI=1S/C22H28N4O2.HI/c1-4-23-22(26-14-17-12-18(28-3)8-9-20(17)27)24-11-10-16-13-25-21-15(2)6-5-7-19(16)21;/h5-9,12-13,25,27H,4,10-11,14H2,1-3H3,(H2,23,24,26);1H. The highest BCUT2D eigenvalue weighted by molar-refractivity contribution is 14.0. The third-order valence-corrected chi connectivity index (χ3v) is 4.73. The molecule has 3 aromatic rings. The number of ether oxygens (including phenoxy) is 1. The smallest absolute Gasteiger partial charge is 0.191 e. The first-order valence-electron chi connectivity index (χ1n) is 9.56. The molecule has 0 saturated carbocycles. The number of rotatable bonds is 7. The van der Waals surface area contributed by atoms with E-state index in [0.29, 0.717) is 12.3 Å². The number of aliphatic imine (C=N–C) groups is 1. The Bertz CT molecular complexity index is 969. The van der Waals surface area contributed by atoms with Gasteiger partial charge in [0.05, 0.1) is 13.7 Å². The van der Waals surface area contributed by atoms with E-state index in [1.165, 1.54) is 22.0 Å². The number of para-hydroxylation sites is 1. The quantitative estimate of drug-likeness (QED) is 0.220. The first-order valence-corrected chi connectivity index (χ1v) is 9.56. The molecule has 6 nitrogen and oxygen atoms in total. The number of phenols is 1. The van der Waals surface area contributed by atoms with Crippen LogP contribution < -0.4 is 15.4 Å². The highest BCUT2D eigenvalue weighted by atomic mass is 127. The average molecular weight is 508 g/mol. The maximum atomic E-state index is 10.0. The molecule has 0 radical (unpaired) electrons. The van der Waals surface area contributed by atoms with Gasteiger partial charge in [0.2, 0.25) is 0 Å². The van der Waals surface area contributed by atoms with Gasteiger partial charge in [-0.15, -0.1) is 24.0 Å². The number of aryl methyl sites for hydroxylation is 1. The molecule has 1 heterocycles. The van der Waals surface area contributed by atoms with Crippen LogP contribution in [0.4, 0.5) is 0 Å². The monoisotopic (exact) mass is 508 g/mol. The van der Waals surface area contributed by atoms with E-state index < -0.39 is 0 Å². The van der Waals surface area contributed by atoms with Crippen molar-refractivity contribution in [2.75, 3.05) is 20.2 Å². The Balaban J connectivity index is 0.00000300. The van der Waals surface area contributed by atoms with Gasteiger partial charge >= 0.3 is 0 Å². The van der Waals surface area contributed by atoms with Gasteiger partial charge in [0, 0.05) is 35.8 Å². The van der Waals surface area contributed by atoms with E-state index in [9.17, 15) is 5.11 Å². The van der Waals surface area contributed by atoms with Crippen LogP contribution in [-0.2, 0) is 13.0 Å². The summed E-state index contributed by atoms with van der Waals surface area (Å²) in [5.41, 5.74) is 4.47. The summed E-state index contributed by atoms with van der Waals surface area (Å²) in [4.78, 5) is 7.96. The third kappa shape index (κ3) is 5.79. The number of nitrogens with zero attached hydrogens (tertiary/aromatic N) is 1. The number of hydrogen-bond donors (Lipinski definition) is 4. The second-order valence-corrected chi connectivity index (χ2v) is 6.68. The predicted molar refractivity (Wildman–Crippen MR) is 130 cm³/mol. The Morgan fingerprint density at radius 2 is 2.00 bits per heavy atom. The van der Waals surface area contributed by atoms with E-state index in [1.807, 2.05) is 6.92 Å². The molecule has 0 saturated heterocycles. The lowest BCUT2D eigenvalue weighted by Crippen LogP contribution is -2.38. The second-order valence-electron chi connectivity index (χ2n) is 6.68. The van der Waals surface area contributed by atoms with E-state index in [2.05, 4.69) is 51.9 Å². The summed E-state index contributed by atoms with van der Waals surface area (Å²) in [6.45, 7) is 6.04. The second kappa shape index (κ2) is 10.9. The topological polar surface area (TPSA) is 81.7 Å². The van der Waals surface area contributed by atoms with E-state index in [-0.39, 0.29) is 29.7 Å². The Morgan fingerprint density at radius 1 is 1.17 bits per heavy atom. The molecule has 0 aliphatic carbocycles. The molecule has 7 heteroatoms. The fraction of sp³-hybridized carbons (Fsp3) is 0.318. The molecule has 1 aromatic heterocycles. The number of benzene rings is 2. The van der Waals surface area contributed by atoms with Crippen molar-refractivity contribution in [3.8, 4) is 11.5 Å². The summed E-state index contributed by atoms with van der Waals surface area (Å²) in [6, 6.07) is 11.5. The van der Waals surface area contributed by atoms with E-state index in [0.717, 1.165) is 31.0 Å². The SMILES string of the molecule is CCNC(=NCc1cc(OC)ccc1O)NCCc1c[nH]c2c(C)cccc12.I. The largest absolute Gasteiger partial charge is 0.508 e. The first-order chi connectivity index (χ1) is 13.6. The number of guanidine groups is 1. The maximum Gasteiger partial charge on any atom is 0.191 e. The molecule has 0 atom stereocenters. The summed E-state index contributed by atoms with van der Waals surface area (Å²) < 4.78 is 5.22. The molecule has 0 bridgehead atoms. The van der Waals surface area contributed by atoms with Gasteiger partial charge in [0.15, 0.2) is 5.96 Å². The van der Waals surface area contributed by atoms with Crippen molar-refractivity contribution in [3.63, 3.8) is 0 Å². The lowest BCUT2D eigenvalue weighted by atomic mass is 10.1. The van der Waals surface area contributed by atoms with E-state index in [4.69, 9.17) is 4.74 Å².